The molecule has 0 aliphatic rings. The van der Waals surface area contributed by atoms with E-state index in [2.05, 4.69) is 0 Å². The molecule has 0 saturated carbocycles. The first-order valence-corrected chi connectivity index (χ1v) is 3.66. The first-order valence-electron chi connectivity index (χ1n) is 3.66. The van der Waals surface area contributed by atoms with Gasteiger partial charge in [0.1, 0.15) is 6.26 Å². The lowest BCUT2D eigenvalue weighted by Gasteiger charge is -2.01. The molecule has 1 aromatic carbocycles. The molecule has 0 saturated heterocycles. The van der Waals surface area contributed by atoms with Crippen LogP contribution in [0.15, 0.2) is 30.2 Å². The number of aliphatic hydroxyl groups is 2. The molecule has 1 aromatic rings. The Morgan fingerprint density at radius 2 is 1.86 bits per heavy atom. The van der Waals surface area contributed by atoms with E-state index in [4.69, 9.17) is 20.4 Å². The first kappa shape index (κ1) is 9.91. The van der Waals surface area contributed by atoms with Crippen molar-refractivity contribution in [3.05, 3.63) is 35.8 Å². The molecule has 0 bridgehead atoms. The van der Waals surface area contributed by atoms with Crippen LogP contribution in [0.2, 0.25) is 0 Å². The second-order valence-electron chi connectivity index (χ2n) is 2.55. The average Bonchev–Trinajstić information content (AvgIpc) is 2.20. The van der Waals surface area contributed by atoms with Crippen molar-refractivity contribution in [2.75, 3.05) is 0 Å². The molecule has 14 heavy (non-hydrogen) atoms. The van der Waals surface area contributed by atoms with Crippen molar-refractivity contribution in [3.63, 3.8) is 0 Å². The minimum Gasteiger partial charge on any atom is -0.512 e. The van der Waals surface area contributed by atoms with Crippen LogP contribution in [0.4, 0.5) is 0 Å². The quantitative estimate of drug-likeness (QED) is 0.247. The molecule has 0 spiro atoms. The summed E-state index contributed by atoms with van der Waals surface area (Å²) in [7, 11) is 0. The van der Waals surface area contributed by atoms with Crippen molar-refractivity contribution in [2.24, 2.45) is 0 Å². The Hall–Kier alpha value is -2.17. The molecule has 0 radical (unpaired) electrons. The van der Waals surface area contributed by atoms with Crippen molar-refractivity contribution >= 4 is 5.78 Å². The highest BCUT2D eigenvalue weighted by molar-refractivity contribution is 6.07. The maximum atomic E-state index is 11.2. The van der Waals surface area contributed by atoms with Crippen LogP contribution in [-0.4, -0.2) is 26.2 Å². The van der Waals surface area contributed by atoms with Crippen LogP contribution in [0.1, 0.15) is 10.4 Å². The number of phenolic OH excluding ortho intramolecular Hbond substituents is 2. The number of hydrogen-bond acceptors (Lipinski definition) is 5. The van der Waals surface area contributed by atoms with Gasteiger partial charge in [0, 0.05) is 5.56 Å². The summed E-state index contributed by atoms with van der Waals surface area (Å²) >= 11 is 0. The van der Waals surface area contributed by atoms with Gasteiger partial charge in [-0.3, -0.25) is 4.79 Å². The van der Waals surface area contributed by atoms with E-state index < -0.39 is 17.3 Å². The number of ketones is 1. The number of phenols is 2. The normalized spacial score (nSPS) is 11.3. The second-order valence-corrected chi connectivity index (χ2v) is 2.55. The lowest BCUT2D eigenvalue weighted by atomic mass is 10.1. The predicted molar refractivity (Wildman–Crippen MR) is 47.4 cm³/mol. The van der Waals surface area contributed by atoms with Gasteiger partial charge in [-0.1, -0.05) is 0 Å². The first-order chi connectivity index (χ1) is 6.56. The van der Waals surface area contributed by atoms with E-state index in [1.165, 1.54) is 6.07 Å². The smallest absolute Gasteiger partial charge is 0.230 e. The molecule has 0 atom stereocenters. The van der Waals surface area contributed by atoms with Gasteiger partial charge in [0.2, 0.25) is 5.78 Å². The van der Waals surface area contributed by atoms with Gasteiger partial charge in [-0.25, -0.2) is 0 Å². The molecule has 0 unspecified atom stereocenters. The third-order valence-corrected chi connectivity index (χ3v) is 1.59. The Labute approximate surface area is 79.2 Å². The zero-order valence-electron chi connectivity index (χ0n) is 7.01. The third kappa shape index (κ3) is 1.77. The van der Waals surface area contributed by atoms with Crippen molar-refractivity contribution in [1.82, 2.24) is 0 Å². The fourth-order valence-corrected chi connectivity index (χ4v) is 0.871. The van der Waals surface area contributed by atoms with Gasteiger partial charge >= 0.3 is 0 Å². The molecule has 0 fully saturated rings. The highest BCUT2D eigenvalue weighted by Crippen LogP contribution is 2.25. The van der Waals surface area contributed by atoms with E-state index in [0.29, 0.717) is 0 Å². The molecule has 0 heterocycles. The summed E-state index contributed by atoms with van der Waals surface area (Å²) < 4.78 is 0. The summed E-state index contributed by atoms with van der Waals surface area (Å²) in [5.41, 5.74) is -0.0388. The largest absolute Gasteiger partial charge is 0.512 e. The minimum atomic E-state index is -0.845. The highest BCUT2D eigenvalue weighted by Gasteiger charge is 2.12. The molecule has 0 aromatic heterocycles. The predicted octanol–water partition coefficient (Wildman–Crippen LogP) is 1.24. The number of benzene rings is 1. The van der Waals surface area contributed by atoms with Gasteiger partial charge in [0.05, 0.1) is 0 Å². The highest BCUT2D eigenvalue weighted by atomic mass is 16.3. The fourth-order valence-electron chi connectivity index (χ4n) is 0.871. The maximum absolute atomic E-state index is 11.2. The van der Waals surface area contributed by atoms with Gasteiger partial charge in [0.25, 0.3) is 0 Å². The molecule has 5 nitrogen and oxygen atoms in total. The Balaban J connectivity index is 3.09. The van der Waals surface area contributed by atoms with E-state index >= 15 is 0 Å². The molecule has 5 heteroatoms. The summed E-state index contributed by atoms with van der Waals surface area (Å²) in [5, 5.41) is 35.2. The van der Waals surface area contributed by atoms with Crippen LogP contribution in [0.3, 0.4) is 0 Å². The minimum absolute atomic E-state index is 0.0388. The van der Waals surface area contributed by atoms with E-state index in [9.17, 15) is 4.79 Å². The molecule has 1 rings (SSSR count). The Morgan fingerprint density at radius 1 is 1.21 bits per heavy atom. The summed E-state index contributed by atoms with van der Waals surface area (Å²) in [5.74, 6) is -2.52. The zero-order chi connectivity index (χ0) is 10.7. The SMILES string of the molecule is O=C(/C(O)=C/O)c1ccc(O)c(O)c1. The van der Waals surface area contributed by atoms with Crippen molar-refractivity contribution in [2.45, 2.75) is 0 Å². The van der Waals surface area contributed by atoms with Gasteiger partial charge < -0.3 is 20.4 Å². The standard InChI is InChI=1S/C9H8O5/c10-4-8(13)9(14)5-1-2-6(11)7(12)3-5/h1-4,10-13H/b8-4-. The molecular weight excluding hydrogens is 188 g/mol. The zero-order valence-corrected chi connectivity index (χ0v) is 7.01. The number of hydrogen-bond donors (Lipinski definition) is 4. The van der Waals surface area contributed by atoms with Crippen LogP contribution < -0.4 is 0 Å². The van der Waals surface area contributed by atoms with Crippen LogP contribution in [0, 0.1) is 0 Å². The molecule has 4 N–H and O–H groups in total. The van der Waals surface area contributed by atoms with Gasteiger partial charge in [0.15, 0.2) is 17.3 Å². The van der Waals surface area contributed by atoms with E-state index in [1.807, 2.05) is 0 Å². The number of rotatable bonds is 2. The molecule has 0 aliphatic heterocycles. The lowest BCUT2D eigenvalue weighted by Crippen LogP contribution is -2.02. The van der Waals surface area contributed by atoms with Crippen LogP contribution >= 0.6 is 0 Å². The van der Waals surface area contributed by atoms with Crippen molar-refractivity contribution < 1.29 is 25.2 Å². The average molecular weight is 196 g/mol. The van der Waals surface area contributed by atoms with E-state index in [0.717, 1.165) is 12.1 Å². The number of Topliss-reactive ketones (excluding diaryl/α,β-unsaturated/α-hetero) is 1. The van der Waals surface area contributed by atoms with Crippen LogP contribution in [0.25, 0.3) is 0 Å². The van der Waals surface area contributed by atoms with Gasteiger partial charge in [-0.15, -0.1) is 0 Å². The van der Waals surface area contributed by atoms with Gasteiger partial charge in [-0.05, 0) is 18.2 Å². The lowest BCUT2D eigenvalue weighted by molar-refractivity contribution is 0.0970. The Kier molecular flexibility index (Phi) is 2.62. The number of aliphatic hydroxyl groups excluding tert-OH is 2. The number of allylic oxidation sites excluding steroid dienone is 1. The van der Waals surface area contributed by atoms with E-state index in [-0.39, 0.29) is 17.6 Å². The van der Waals surface area contributed by atoms with Crippen LogP contribution in [-0.2, 0) is 0 Å². The maximum Gasteiger partial charge on any atom is 0.230 e. The summed E-state index contributed by atoms with van der Waals surface area (Å²) in [6, 6.07) is 3.29. The molecule has 74 valence electrons. The summed E-state index contributed by atoms with van der Waals surface area (Å²) in [6.07, 6.45) is 0.256. The summed E-state index contributed by atoms with van der Waals surface area (Å²) in [4.78, 5) is 11.2. The number of aromatic hydroxyl groups is 2. The van der Waals surface area contributed by atoms with Crippen LogP contribution in [0.5, 0.6) is 11.5 Å². The molecule has 0 aliphatic carbocycles. The number of carbonyl (C=O) groups excluding carboxylic acids is 1. The van der Waals surface area contributed by atoms with Crippen molar-refractivity contribution in [3.8, 4) is 11.5 Å². The summed E-state index contributed by atoms with van der Waals surface area (Å²) in [6.45, 7) is 0. The Bertz CT molecular complexity index is 394. The Morgan fingerprint density at radius 3 is 2.36 bits per heavy atom. The molecular formula is C9H8O5. The monoisotopic (exact) mass is 196 g/mol. The van der Waals surface area contributed by atoms with Gasteiger partial charge in [-0.2, -0.15) is 0 Å². The number of carbonyl (C=O) groups is 1. The second kappa shape index (κ2) is 3.69. The topological polar surface area (TPSA) is 98.0 Å². The van der Waals surface area contributed by atoms with E-state index in [1.54, 1.807) is 0 Å². The van der Waals surface area contributed by atoms with Crippen molar-refractivity contribution in [1.29, 1.82) is 0 Å². The molecule has 0 amide bonds. The third-order valence-electron chi connectivity index (χ3n) is 1.59. The fraction of sp³-hybridized carbons (Fsp3) is 0.